The van der Waals surface area contributed by atoms with Crippen LogP contribution in [0.1, 0.15) is 0 Å². The van der Waals surface area contributed by atoms with Gasteiger partial charge in [0.25, 0.3) is 0 Å². The Labute approximate surface area is 59.2 Å². The van der Waals surface area contributed by atoms with Gasteiger partial charge in [0, 0.05) is 22.4 Å². The van der Waals surface area contributed by atoms with Crippen LogP contribution in [0, 0.1) is 0 Å². The van der Waals surface area contributed by atoms with Crippen LogP contribution in [0.3, 0.4) is 0 Å². The van der Waals surface area contributed by atoms with Crippen LogP contribution in [0.4, 0.5) is 0 Å². The SMILES string of the molecule is S=S.c1ccccc1. The van der Waals surface area contributed by atoms with Crippen LogP contribution in [-0.2, 0) is 22.4 Å². The van der Waals surface area contributed by atoms with Crippen LogP contribution in [0.5, 0.6) is 0 Å². The molecular weight excluding hydrogens is 136 g/mol. The largest absolute Gasteiger partial charge is 0.0623 e. The summed E-state index contributed by atoms with van der Waals surface area (Å²) in [6.45, 7) is 0. The van der Waals surface area contributed by atoms with Gasteiger partial charge < -0.3 is 0 Å². The van der Waals surface area contributed by atoms with E-state index in [9.17, 15) is 0 Å². The Balaban J connectivity index is 0.000000222. The summed E-state index contributed by atoms with van der Waals surface area (Å²) in [4.78, 5) is 0. The molecule has 0 aromatic heterocycles. The summed E-state index contributed by atoms with van der Waals surface area (Å²) in [7, 11) is 0. The van der Waals surface area contributed by atoms with E-state index in [0.717, 1.165) is 0 Å². The minimum Gasteiger partial charge on any atom is -0.0623 e. The van der Waals surface area contributed by atoms with Crippen LogP contribution in [0.25, 0.3) is 0 Å². The van der Waals surface area contributed by atoms with Gasteiger partial charge in [0.05, 0.1) is 0 Å². The van der Waals surface area contributed by atoms with Crippen molar-refractivity contribution in [3.05, 3.63) is 36.4 Å². The molecule has 0 fully saturated rings. The predicted molar refractivity (Wildman–Crippen MR) is 41.2 cm³/mol. The maximum atomic E-state index is 3.67. The van der Waals surface area contributed by atoms with Crippen LogP contribution in [-0.4, -0.2) is 0 Å². The van der Waals surface area contributed by atoms with E-state index < -0.39 is 0 Å². The summed E-state index contributed by atoms with van der Waals surface area (Å²) in [6.07, 6.45) is 0. The standard InChI is InChI=1S/C6H6.S2/c1-2-4-6-5-3-1;1-2/h1-6H;. The average molecular weight is 142 g/mol. The predicted octanol–water partition coefficient (Wildman–Crippen LogP) is 1.68. The number of hydrogen-bond acceptors (Lipinski definition) is 2. The van der Waals surface area contributed by atoms with Gasteiger partial charge in [-0.05, 0) is 0 Å². The molecule has 0 unspecified atom stereocenters. The van der Waals surface area contributed by atoms with Gasteiger partial charge in [-0.2, -0.15) is 0 Å². The van der Waals surface area contributed by atoms with Gasteiger partial charge >= 0.3 is 0 Å². The molecule has 0 bridgehead atoms. The molecule has 0 aliphatic carbocycles. The first-order valence-electron chi connectivity index (χ1n) is 2.17. The monoisotopic (exact) mass is 142 g/mol. The molecule has 0 saturated heterocycles. The summed E-state index contributed by atoms with van der Waals surface area (Å²) in [5.74, 6) is 0. The fourth-order valence-corrected chi connectivity index (χ4v) is 0.385. The molecule has 0 saturated carbocycles. The Kier molecular flexibility index (Phi) is 6.38. The summed E-state index contributed by atoms with van der Waals surface area (Å²) >= 11 is 7.33. The highest BCUT2D eigenvalue weighted by Gasteiger charge is 1.57. The first-order chi connectivity index (χ1) is 4.00. The van der Waals surface area contributed by atoms with Crippen molar-refractivity contribution in [3.63, 3.8) is 0 Å². The molecule has 1 rings (SSSR count). The van der Waals surface area contributed by atoms with Crippen molar-refractivity contribution in [1.82, 2.24) is 0 Å². The van der Waals surface area contributed by atoms with Crippen molar-refractivity contribution in [2.45, 2.75) is 0 Å². The number of benzene rings is 1. The van der Waals surface area contributed by atoms with Gasteiger partial charge in [-0.3, -0.25) is 0 Å². The average Bonchev–Trinajstić information content (AvgIpc) is 1.96. The summed E-state index contributed by atoms with van der Waals surface area (Å²) in [5.41, 5.74) is 0. The van der Waals surface area contributed by atoms with Crippen LogP contribution >= 0.6 is 0 Å². The molecule has 2 heteroatoms. The van der Waals surface area contributed by atoms with Gasteiger partial charge in [-0.15, -0.1) is 0 Å². The molecule has 0 aliphatic heterocycles. The van der Waals surface area contributed by atoms with Crippen LogP contribution in [0.2, 0.25) is 0 Å². The van der Waals surface area contributed by atoms with Gasteiger partial charge in [0.15, 0.2) is 0 Å². The van der Waals surface area contributed by atoms with E-state index in [1.165, 1.54) is 0 Å². The molecule has 0 N–H and O–H groups in total. The Hall–Kier alpha value is -0.340. The van der Waals surface area contributed by atoms with E-state index in [4.69, 9.17) is 0 Å². The highest BCUT2D eigenvalue weighted by molar-refractivity contribution is 8.07. The fourth-order valence-electron chi connectivity index (χ4n) is 0.385. The second kappa shape index (κ2) is 6.66. The van der Waals surface area contributed by atoms with E-state index in [2.05, 4.69) is 22.4 Å². The minimum absolute atomic E-state index is 2.00. The molecular formula is C6H6S2. The summed E-state index contributed by atoms with van der Waals surface area (Å²) in [6, 6.07) is 12.0. The zero-order valence-electron chi connectivity index (χ0n) is 4.28. The maximum Gasteiger partial charge on any atom is 0 e. The molecule has 42 valence electrons. The van der Waals surface area contributed by atoms with Crippen molar-refractivity contribution in [3.8, 4) is 0 Å². The molecule has 0 spiro atoms. The Bertz CT molecular complexity index is 89.4. The molecule has 0 nitrogen and oxygen atoms in total. The second-order valence-electron chi connectivity index (χ2n) is 1.15. The third kappa shape index (κ3) is 3.84. The topological polar surface area (TPSA) is 0 Å². The lowest BCUT2D eigenvalue weighted by molar-refractivity contribution is 1.72. The van der Waals surface area contributed by atoms with Crippen molar-refractivity contribution >= 4 is 22.4 Å². The first kappa shape index (κ1) is 7.66. The van der Waals surface area contributed by atoms with Crippen LogP contribution < -0.4 is 0 Å². The first-order valence-corrected chi connectivity index (χ1v) is 3.50. The highest BCUT2D eigenvalue weighted by Crippen LogP contribution is 1.79. The molecule has 0 atom stereocenters. The Morgan fingerprint density at radius 3 is 0.750 bits per heavy atom. The third-order valence-electron chi connectivity index (χ3n) is 0.667. The van der Waals surface area contributed by atoms with Gasteiger partial charge in [-0.1, -0.05) is 36.4 Å². The van der Waals surface area contributed by atoms with Crippen molar-refractivity contribution < 1.29 is 0 Å². The van der Waals surface area contributed by atoms with Gasteiger partial charge in [0.1, 0.15) is 0 Å². The zero-order valence-corrected chi connectivity index (χ0v) is 5.91. The van der Waals surface area contributed by atoms with E-state index in [1.54, 1.807) is 0 Å². The smallest absolute Gasteiger partial charge is 0 e. The molecule has 0 aliphatic rings. The quantitative estimate of drug-likeness (QED) is 0.540. The second-order valence-corrected chi connectivity index (χ2v) is 1.15. The molecule has 8 heavy (non-hydrogen) atoms. The molecule has 1 aromatic carbocycles. The number of hydrogen-bond donors (Lipinski definition) is 0. The Morgan fingerprint density at radius 2 is 0.625 bits per heavy atom. The van der Waals surface area contributed by atoms with E-state index >= 15 is 0 Å². The van der Waals surface area contributed by atoms with Crippen LogP contribution in [0.15, 0.2) is 36.4 Å². The minimum atomic E-state index is 2.00. The molecule has 0 amide bonds. The van der Waals surface area contributed by atoms with Gasteiger partial charge in [-0.25, -0.2) is 0 Å². The lowest BCUT2D eigenvalue weighted by atomic mass is 10.4. The molecule has 0 radical (unpaired) electrons. The Morgan fingerprint density at radius 1 is 0.500 bits per heavy atom. The van der Waals surface area contributed by atoms with Crippen molar-refractivity contribution in [2.75, 3.05) is 0 Å². The molecule has 1 aromatic rings. The van der Waals surface area contributed by atoms with E-state index in [-0.39, 0.29) is 0 Å². The fraction of sp³-hybridized carbons (Fsp3) is 0. The highest BCUT2D eigenvalue weighted by atomic mass is 32.8. The summed E-state index contributed by atoms with van der Waals surface area (Å²) < 4.78 is 0. The lowest BCUT2D eigenvalue weighted by Crippen LogP contribution is -1.47. The normalized spacial score (nSPS) is 6.50. The maximum absolute atomic E-state index is 3.67. The van der Waals surface area contributed by atoms with Crippen molar-refractivity contribution in [1.29, 1.82) is 0 Å². The summed E-state index contributed by atoms with van der Waals surface area (Å²) in [5, 5.41) is 0. The van der Waals surface area contributed by atoms with E-state index in [1.807, 2.05) is 36.4 Å². The lowest BCUT2D eigenvalue weighted by Gasteiger charge is -1.69. The van der Waals surface area contributed by atoms with E-state index in [0.29, 0.717) is 0 Å². The third-order valence-corrected chi connectivity index (χ3v) is 0.667. The van der Waals surface area contributed by atoms with Crippen molar-refractivity contribution in [2.24, 2.45) is 0 Å². The zero-order chi connectivity index (χ0) is 6.24. The molecule has 0 heterocycles. The van der Waals surface area contributed by atoms with Gasteiger partial charge in [0.2, 0.25) is 0 Å². The number of rotatable bonds is 0.